The number of benzene rings is 1. The van der Waals surface area contributed by atoms with Gasteiger partial charge in [0.1, 0.15) is 5.76 Å². The van der Waals surface area contributed by atoms with Gasteiger partial charge in [-0.05, 0) is 47.6 Å². The number of nitrogens with one attached hydrogen (secondary N) is 2. The quantitative estimate of drug-likeness (QED) is 0.629. The molecule has 3 rings (SSSR count). The molecule has 8 nitrogen and oxygen atoms in total. The van der Waals surface area contributed by atoms with Gasteiger partial charge >= 0.3 is 0 Å². The molecule has 1 amide bonds. The Labute approximate surface area is 165 Å². The Morgan fingerprint density at radius 3 is 2.89 bits per heavy atom. The van der Waals surface area contributed by atoms with Crippen LogP contribution in [0.1, 0.15) is 24.4 Å². The van der Waals surface area contributed by atoms with Gasteiger partial charge in [-0.2, -0.15) is 4.80 Å². The van der Waals surface area contributed by atoms with Gasteiger partial charge < -0.3 is 4.42 Å². The maximum atomic E-state index is 12.3. The molecule has 0 bridgehead atoms. The lowest BCUT2D eigenvalue weighted by atomic mass is 10.2. The molecule has 0 aliphatic heterocycles. The zero-order valence-electron chi connectivity index (χ0n) is 14.6. The van der Waals surface area contributed by atoms with Gasteiger partial charge in [0.15, 0.2) is 10.9 Å². The van der Waals surface area contributed by atoms with E-state index in [1.165, 1.54) is 4.80 Å². The highest BCUT2D eigenvalue weighted by molar-refractivity contribution is 7.80. The molecule has 2 aromatic heterocycles. The van der Waals surface area contributed by atoms with E-state index in [1.54, 1.807) is 30.3 Å². The standard InChI is InChI=1S/C17H17ClN6O2S/c1-10(2)9-24-22-16(21-23-24)20-17(27)19-15(25)14-7-6-13(26-14)11-4-3-5-12(18)8-11/h3-8,10H,9H2,1-2H3,(H2,19,20,22,25,27). The molecule has 2 heterocycles. The monoisotopic (exact) mass is 404 g/mol. The second kappa shape index (κ2) is 8.28. The van der Waals surface area contributed by atoms with E-state index in [0.29, 0.717) is 23.2 Å². The Hall–Kier alpha value is -2.78. The van der Waals surface area contributed by atoms with E-state index in [-0.39, 0.29) is 16.8 Å². The van der Waals surface area contributed by atoms with Crippen LogP contribution in [0.15, 0.2) is 40.8 Å². The molecule has 0 saturated heterocycles. The summed E-state index contributed by atoms with van der Waals surface area (Å²) in [7, 11) is 0. The molecule has 1 aromatic carbocycles. The number of tetrazole rings is 1. The maximum absolute atomic E-state index is 12.3. The topological polar surface area (TPSA) is 97.9 Å². The largest absolute Gasteiger partial charge is 0.451 e. The molecule has 10 heteroatoms. The molecule has 140 valence electrons. The number of nitrogens with zero attached hydrogens (tertiary/aromatic N) is 4. The normalized spacial score (nSPS) is 10.8. The summed E-state index contributed by atoms with van der Waals surface area (Å²) >= 11 is 11.1. The van der Waals surface area contributed by atoms with Crippen molar-refractivity contribution >= 4 is 40.8 Å². The van der Waals surface area contributed by atoms with Crippen molar-refractivity contribution in [3.63, 3.8) is 0 Å². The van der Waals surface area contributed by atoms with Crippen LogP contribution < -0.4 is 10.6 Å². The van der Waals surface area contributed by atoms with Crippen LogP contribution in [-0.4, -0.2) is 31.2 Å². The Bertz CT molecular complexity index is 968. The van der Waals surface area contributed by atoms with Crippen LogP contribution in [0.4, 0.5) is 5.95 Å². The van der Waals surface area contributed by atoms with Gasteiger partial charge in [0.05, 0.1) is 6.54 Å². The van der Waals surface area contributed by atoms with Gasteiger partial charge in [0, 0.05) is 10.6 Å². The van der Waals surface area contributed by atoms with Gasteiger partial charge in [-0.25, -0.2) is 0 Å². The summed E-state index contributed by atoms with van der Waals surface area (Å²) in [6.07, 6.45) is 0. The summed E-state index contributed by atoms with van der Waals surface area (Å²) in [5.74, 6) is 0.743. The predicted octanol–water partition coefficient (Wildman–Crippen LogP) is 3.37. The zero-order valence-corrected chi connectivity index (χ0v) is 16.2. The summed E-state index contributed by atoms with van der Waals surface area (Å²) in [5.41, 5.74) is 0.771. The first-order valence-corrected chi connectivity index (χ1v) is 8.95. The van der Waals surface area contributed by atoms with Crippen LogP contribution in [0.5, 0.6) is 0 Å². The van der Waals surface area contributed by atoms with E-state index in [0.717, 1.165) is 5.56 Å². The SMILES string of the molecule is CC(C)Cn1nnc(NC(=S)NC(=O)c2ccc(-c3cccc(Cl)c3)o2)n1. The number of hydrogen-bond donors (Lipinski definition) is 2. The molecule has 2 N–H and O–H groups in total. The van der Waals surface area contributed by atoms with Crippen LogP contribution in [0.25, 0.3) is 11.3 Å². The third-order valence-electron chi connectivity index (χ3n) is 3.37. The van der Waals surface area contributed by atoms with E-state index in [2.05, 4.69) is 26.0 Å². The van der Waals surface area contributed by atoms with Crippen LogP contribution in [0.3, 0.4) is 0 Å². The lowest BCUT2D eigenvalue weighted by Gasteiger charge is -2.05. The van der Waals surface area contributed by atoms with E-state index < -0.39 is 5.91 Å². The summed E-state index contributed by atoms with van der Waals surface area (Å²) in [6, 6.07) is 10.4. The predicted molar refractivity (Wildman–Crippen MR) is 105 cm³/mol. The lowest BCUT2D eigenvalue weighted by molar-refractivity contribution is 0.0951. The summed E-state index contributed by atoms with van der Waals surface area (Å²) in [6.45, 7) is 4.72. The van der Waals surface area contributed by atoms with E-state index >= 15 is 0 Å². The first-order valence-electron chi connectivity index (χ1n) is 8.16. The molecule has 0 fully saturated rings. The molecule has 0 saturated carbocycles. The molecule has 0 spiro atoms. The van der Waals surface area contributed by atoms with Gasteiger partial charge in [-0.15, -0.1) is 5.10 Å². The fourth-order valence-electron chi connectivity index (χ4n) is 2.25. The van der Waals surface area contributed by atoms with Crippen molar-refractivity contribution in [2.75, 3.05) is 5.32 Å². The van der Waals surface area contributed by atoms with Crippen molar-refractivity contribution in [2.45, 2.75) is 20.4 Å². The summed E-state index contributed by atoms with van der Waals surface area (Å²) in [5, 5.41) is 17.7. The average Bonchev–Trinajstić information content (AvgIpc) is 3.24. The minimum atomic E-state index is -0.490. The van der Waals surface area contributed by atoms with Gasteiger partial charge in [0.25, 0.3) is 11.9 Å². The molecule has 0 unspecified atom stereocenters. The zero-order chi connectivity index (χ0) is 19.4. The molecule has 0 atom stereocenters. The number of thiocarbonyl (C=S) groups is 1. The maximum Gasteiger partial charge on any atom is 0.293 e. The summed E-state index contributed by atoms with van der Waals surface area (Å²) < 4.78 is 5.58. The van der Waals surface area contributed by atoms with Gasteiger partial charge in [0.2, 0.25) is 0 Å². The third kappa shape index (κ3) is 5.11. The lowest BCUT2D eigenvalue weighted by Crippen LogP contribution is -2.34. The minimum absolute atomic E-state index is 0.0461. The molecule has 3 aromatic rings. The van der Waals surface area contributed by atoms with E-state index in [4.69, 9.17) is 28.2 Å². The Balaban J connectivity index is 1.60. The number of carbonyl (C=O) groups is 1. The average molecular weight is 405 g/mol. The number of halogens is 1. The molecular formula is C17H17ClN6O2S. The highest BCUT2D eigenvalue weighted by atomic mass is 35.5. The Kier molecular flexibility index (Phi) is 5.82. The first kappa shape index (κ1) is 19.0. The number of rotatable bonds is 5. The fourth-order valence-corrected chi connectivity index (χ4v) is 2.63. The first-order chi connectivity index (χ1) is 12.9. The molecule has 0 aliphatic carbocycles. The van der Waals surface area contributed by atoms with E-state index in [1.807, 2.05) is 19.9 Å². The number of hydrogen-bond acceptors (Lipinski definition) is 6. The van der Waals surface area contributed by atoms with Crippen molar-refractivity contribution in [1.29, 1.82) is 0 Å². The number of carbonyl (C=O) groups excluding carboxylic acids is 1. The van der Waals surface area contributed by atoms with Crippen LogP contribution in [0.2, 0.25) is 5.02 Å². The molecule has 27 heavy (non-hydrogen) atoms. The molecule has 0 aliphatic rings. The van der Waals surface area contributed by atoms with Crippen LogP contribution in [-0.2, 0) is 6.54 Å². The van der Waals surface area contributed by atoms with Crippen molar-refractivity contribution in [3.8, 4) is 11.3 Å². The van der Waals surface area contributed by atoms with Crippen LogP contribution in [0, 0.1) is 5.92 Å². The minimum Gasteiger partial charge on any atom is -0.451 e. The summed E-state index contributed by atoms with van der Waals surface area (Å²) in [4.78, 5) is 13.7. The highest BCUT2D eigenvalue weighted by Crippen LogP contribution is 2.24. The molecular weight excluding hydrogens is 388 g/mol. The van der Waals surface area contributed by atoms with Crippen molar-refractivity contribution in [1.82, 2.24) is 25.5 Å². The highest BCUT2D eigenvalue weighted by Gasteiger charge is 2.15. The number of amides is 1. The second-order valence-corrected chi connectivity index (χ2v) is 6.99. The smallest absolute Gasteiger partial charge is 0.293 e. The van der Waals surface area contributed by atoms with Gasteiger partial charge in [-0.1, -0.05) is 42.7 Å². The van der Waals surface area contributed by atoms with E-state index in [9.17, 15) is 4.79 Å². The number of anilines is 1. The van der Waals surface area contributed by atoms with Gasteiger partial charge in [-0.3, -0.25) is 15.4 Å². The van der Waals surface area contributed by atoms with Crippen molar-refractivity contribution in [3.05, 3.63) is 47.2 Å². The third-order valence-corrected chi connectivity index (χ3v) is 3.81. The number of aromatic nitrogens is 4. The number of furan rings is 1. The van der Waals surface area contributed by atoms with Crippen LogP contribution >= 0.6 is 23.8 Å². The second-order valence-electron chi connectivity index (χ2n) is 6.14. The Morgan fingerprint density at radius 2 is 2.15 bits per heavy atom. The van der Waals surface area contributed by atoms with Crippen molar-refractivity contribution < 1.29 is 9.21 Å². The van der Waals surface area contributed by atoms with Crippen molar-refractivity contribution in [2.24, 2.45) is 5.92 Å². The Morgan fingerprint density at radius 1 is 1.33 bits per heavy atom. The molecule has 0 radical (unpaired) electrons. The fraction of sp³-hybridized carbons (Fsp3) is 0.235.